The molecule has 0 aliphatic heterocycles. The van der Waals surface area contributed by atoms with Gasteiger partial charge < -0.3 is 9.47 Å². The molecule has 136 valence electrons. The Morgan fingerprint density at radius 3 is 2.35 bits per heavy atom. The van der Waals surface area contributed by atoms with Crippen LogP contribution in [0.25, 0.3) is 11.6 Å². The van der Waals surface area contributed by atoms with Crippen LogP contribution < -0.4 is 9.47 Å². The molecular weight excluding hydrogens is 328 g/mol. The number of unbranched alkanes of at least 4 members (excludes halogenated alkanes) is 2. The van der Waals surface area contributed by atoms with Crippen LogP contribution in [0.5, 0.6) is 11.5 Å². The SMILES string of the molecule is CCCCCc1ccc(/C(C)=C/c2cc(OC=O)ccc2OC=O)cc1. The quantitative estimate of drug-likeness (QED) is 0.341. The first kappa shape index (κ1) is 19.4. The van der Waals surface area contributed by atoms with Crippen LogP contribution in [0.4, 0.5) is 0 Å². The third kappa shape index (κ3) is 5.59. The average molecular weight is 352 g/mol. The molecule has 2 aromatic rings. The van der Waals surface area contributed by atoms with Gasteiger partial charge in [-0.1, -0.05) is 44.0 Å². The molecule has 2 aromatic carbocycles. The molecule has 0 fully saturated rings. The van der Waals surface area contributed by atoms with Crippen LogP contribution in [0.2, 0.25) is 0 Å². The Morgan fingerprint density at radius 1 is 0.962 bits per heavy atom. The molecule has 0 spiro atoms. The van der Waals surface area contributed by atoms with Crippen LogP contribution in [0, 0.1) is 0 Å². The van der Waals surface area contributed by atoms with Gasteiger partial charge in [-0.25, -0.2) is 0 Å². The van der Waals surface area contributed by atoms with E-state index in [1.165, 1.54) is 24.8 Å². The molecule has 0 atom stereocenters. The molecule has 0 aromatic heterocycles. The summed E-state index contributed by atoms with van der Waals surface area (Å²) in [7, 11) is 0. The highest BCUT2D eigenvalue weighted by molar-refractivity contribution is 5.82. The van der Waals surface area contributed by atoms with Gasteiger partial charge in [0.05, 0.1) is 0 Å². The summed E-state index contributed by atoms with van der Waals surface area (Å²) in [5, 5.41) is 0. The molecule has 26 heavy (non-hydrogen) atoms. The van der Waals surface area contributed by atoms with Crippen molar-refractivity contribution in [2.45, 2.75) is 39.5 Å². The Hall–Kier alpha value is -2.88. The standard InChI is InChI=1S/C22H24O4/c1-3-4-5-6-18-7-9-19(10-8-18)17(2)13-20-14-21(25-15-23)11-12-22(20)26-16-24/h7-16H,3-6H2,1-2H3/b17-13+. The maximum absolute atomic E-state index is 10.7. The summed E-state index contributed by atoms with van der Waals surface area (Å²) < 4.78 is 9.89. The number of carbonyl (C=O) groups is 2. The van der Waals surface area contributed by atoms with Crippen LogP contribution in [0.1, 0.15) is 49.8 Å². The van der Waals surface area contributed by atoms with E-state index in [0.717, 1.165) is 17.6 Å². The van der Waals surface area contributed by atoms with Crippen molar-refractivity contribution in [2.75, 3.05) is 0 Å². The molecule has 0 bridgehead atoms. The van der Waals surface area contributed by atoms with E-state index in [0.29, 0.717) is 30.0 Å². The Kier molecular flexibility index (Phi) is 7.62. The molecule has 0 N–H and O–H groups in total. The Bertz CT molecular complexity index is 760. The first-order valence-corrected chi connectivity index (χ1v) is 8.80. The molecule has 2 rings (SSSR count). The fourth-order valence-corrected chi connectivity index (χ4v) is 2.76. The fraction of sp³-hybridized carbons (Fsp3) is 0.273. The van der Waals surface area contributed by atoms with Gasteiger partial charge in [-0.15, -0.1) is 0 Å². The lowest BCUT2D eigenvalue weighted by Gasteiger charge is -2.08. The summed E-state index contributed by atoms with van der Waals surface area (Å²) in [4.78, 5) is 21.2. The molecular formula is C22H24O4. The Morgan fingerprint density at radius 2 is 1.69 bits per heavy atom. The Labute approximate surface area is 154 Å². The van der Waals surface area contributed by atoms with Crippen molar-refractivity contribution < 1.29 is 19.1 Å². The lowest BCUT2D eigenvalue weighted by molar-refractivity contribution is -0.121. The van der Waals surface area contributed by atoms with E-state index >= 15 is 0 Å². The molecule has 0 unspecified atom stereocenters. The summed E-state index contributed by atoms with van der Waals surface area (Å²) in [5.74, 6) is 0.803. The number of benzene rings is 2. The molecule has 0 saturated heterocycles. The van der Waals surface area contributed by atoms with Gasteiger partial charge in [0, 0.05) is 5.56 Å². The maximum Gasteiger partial charge on any atom is 0.298 e. The first-order chi connectivity index (χ1) is 12.7. The van der Waals surface area contributed by atoms with Crippen molar-refractivity contribution in [3.05, 3.63) is 59.2 Å². The minimum atomic E-state index is 0.368. The third-order valence-corrected chi connectivity index (χ3v) is 4.19. The van der Waals surface area contributed by atoms with Crippen LogP contribution in [-0.2, 0) is 16.0 Å². The predicted octanol–water partition coefficient (Wildman–Crippen LogP) is 5.05. The Balaban J connectivity index is 2.23. The second kappa shape index (κ2) is 10.2. The largest absolute Gasteiger partial charge is 0.429 e. The second-order valence-electron chi connectivity index (χ2n) is 6.11. The van der Waals surface area contributed by atoms with Crippen molar-refractivity contribution in [3.8, 4) is 11.5 Å². The number of rotatable bonds is 10. The van der Waals surface area contributed by atoms with Gasteiger partial charge in [-0.05, 0) is 60.7 Å². The number of hydrogen-bond acceptors (Lipinski definition) is 4. The van der Waals surface area contributed by atoms with Gasteiger partial charge in [0.2, 0.25) is 0 Å². The van der Waals surface area contributed by atoms with Gasteiger partial charge in [0.25, 0.3) is 12.9 Å². The van der Waals surface area contributed by atoms with Crippen molar-refractivity contribution in [3.63, 3.8) is 0 Å². The van der Waals surface area contributed by atoms with Crippen LogP contribution in [0.3, 0.4) is 0 Å². The minimum Gasteiger partial charge on any atom is -0.429 e. The molecule has 4 nitrogen and oxygen atoms in total. The summed E-state index contributed by atoms with van der Waals surface area (Å²) in [6, 6.07) is 13.3. The number of ether oxygens (including phenoxy) is 2. The average Bonchev–Trinajstić information content (AvgIpc) is 2.65. The van der Waals surface area contributed by atoms with Gasteiger partial charge in [-0.3, -0.25) is 9.59 Å². The van der Waals surface area contributed by atoms with E-state index in [9.17, 15) is 9.59 Å². The van der Waals surface area contributed by atoms with E-state index in [1.807, 2.05) is 13.0 Å². The number of carbonyl (C=O) groups excluding carboxylic acids is 2. The zero-order chi connectivity index (χ0) is 18.8. The zero-order valence-electron chi connectivity index (χ0n) is 15.2. The summed E-state index contributed by atoms with van der Waals surface area (Å²) >= 11 is 0. The molecule has 0 heterocycles. The van der Waals surface area contributed by atoms with Crippen molar-refractivity contribution >= 4 is 24.6 Å². The first-order valence-electron chi connectivity index (χ1n) is 8.80. The van der Waals surface area contributed by atoms with E-state index in [1.54, 1.807) is 18.2 Å². The van der Waals surface area contributed by atoms with Crippen LogP contribution >= 0.6 is 0 Å². The van der Waals surface area contributed by atoms with E-state index in [2.05, 4.69) is 31.2 Å². The fourth-order valence-electron chi connectivity index (χ4n) is 2.76. The van der Waals surface area contributed by atoms with Gasteiger partial charge in [0.1, 0.15) is 11.5 Å². The highest BCUT2D eigenvalue weighted by atomic mass is 16.5. The van der Waals surface area contributed by atoms with Gasteiger partial charge >= 0.3 is 0 Å². The highest BCUT2D eigenvalue weighted by Crippen LogP contribution is 2.28. The molecule has 0 radical (unpaired) electrons. The number of allylic oxidation sites excluding steroid dienone is 1. The monoisotopic (exact) mass is 352 g/mol. The van der Waals surface area contributed by atoms with Crippen LogP contribution in [-0.4, -0.2) is 12.9 Å². The van der Waals surface area contributed by atoms with Crippen molar-refractivity contribution in [1.82, 2.24) is 0 Å². The normalized spacial score (nSPS) is 11.1. The topological polar surface area (TPSA) is 52.6 Å². The molecule has 4 heteroatoms. The van der Waals surface area contributed by atoms with Gasteiger partial charge in [0.15, 0.2) is 0 Å². The summed E-state index contributed by atoms with van der Waals surface area (Å²) in [5.41, 5.74) is 4.11. The minimum absolute atomic E-state index is 0.368. The summed E-state index contributed by atoms with van der Waals surface area (Å²) in [6.07, 6.45) is 6.68. The molecule has 0 aliphatic rings. The second-order valence-corrected chi connectivity index (χ2v) is 6.11. The molecule has 0 saturated carbocycles. The lowest BCUT2D eigenvalue weighted by Crippen LogP contribution is -1.94. The van der Waals surface area contributed by atoms with E-state index in [4.69, 9.17) is 9.47 Å². The smallest absolute Gasteiger partial charge is 0.298 e. The number of aryl methyl sites for hydroxylation is 1. The number of hydrogen-bond donors (Lipinski definition) is 0. The van der Waals surface area contributed by atoms with E-state index in [-0.39, 0.29) is 0 Å². The van der Waals surface area contributed by atoms with E-state index < -0.39 is 0 Å². The third-order valence-electron chi connectivity index (χ3n) is 4.19. The van der Waals surface area contributed by atoms with Crippen LogP contribution in [0.15, 0.2) is 42.5 Å². The zero-order valence-corrected chi connectivity index (χ0v) is 15.2. The highest BCUT2D eigenvalue weighted by Gasteiger charge is 2.06. The van der Waals surface area contributed by atoms with Gasteiger partial charge in [-0.2, -0.15) is 0 Å². The predicted molar refractivity (Wildman–Crippen MR) is 103 cm³/mol. The summed E-state index contributed by atoms with van der Waals surface area (Å²) in [6.45, 7) is 4.94. The molecule has 0 aliphatic carbocycles. The lowest BCUT2D eigenvalue weighted by atomic mass is 10.0. The molecule has 0 amide bonds. The van der Waals surface area contributed by atoms with Crippen molar-refractivity contribution in [2.24, 2.45) is 0 Å². The maximum atomic E-state index is 10.7. The van der Waals surface area contributed by atoms with Crippen molar-refractivity contribution in [1.29, 1.82) is 0 Å².